The van der Waals surface area contributed by atoms with E-state index in [1.807, 2.05) is 18.4 Å². The zero-order valence-electron chi connectivity index (χ0n) is 10.5. The summed E-state index contributed by atoms with van der Waals surface area (Å²) in [6.45, 7) is 1.89. The molecule has 0 radical (unpaired) electrons. The summed E-state index contributed by atoms with van der Waals surface area (Å²) in [6.07, 6.45) is -1.93. The molecule has 2 aromatic heterocycles. The van der Waals surface area contributed by atoms with E-state index >= 15 is 0 Å². The zero-order chi connectivity index (χ0) is 14.0. The fourth-order valence-corrected chi connectivity index (χ4v) is 3.06. The van der Waals surface area contributed by atoms with E-state index in [9.17, 15) is 13.2 Å². The summed E-state index contributed by atoms with van der Waals surface area (Å²) in [5.41, 5.74) is 0.485. The van der Waals surface area contributed by atoms with Crippen molar-refractivity contribution < 1.29 is 13.2 Å². The number of alkyl halides is 3. The minimum absolute atomic E-state index is 0.156. The number of aryl methyl sites for hydroxylation is 1. The van der Waals surface area contributed by atoms with Gasteiger partial charge in [0.05, 0.1) is 11.6 Å². The van der Waals surface area contributed by atoms with Gasteiger partial charge in [-0.2, -0.15) is 13.2 Å². The molecule has 1 unspecified atom stereocenters. The van der Waals surface area contributed by atoms with Crippen LogP contribution in [0.25, 0.3) is 0 Å². The number of rotatable bonds is 3. The Balaban J connectivity index is 2.54. The largest absolute Gasteiger partial charge is 0.416 e. The molecule has 2 nitrogen and oxygen atoms in total. The molecule has 0 aliphatic rings. The lowest BCUT2D eigenvalue weighted by atomic mass is 9.99. The van der Waals surface area contributed by atoms with Crippen LogP contribution in [0.1, 0.15) is 27.6 Å². The number of pyridine rings is 1. The lowest BCUT2D eigenvalue weighted by molar-refractivity contribution is -0.138. The lowest BCUT2D eigenvalue weighted by Crippen LogP contribution is -2.22. The molecule has 2 heterocycles. The van der Waals surface area contributed by atoms with Crippen LogP contribution in [0.5, 0.6) is 0 Å². The maximum Gasteiger partial charge on any atom is 0.416 e. The molecular formula is C13H13F3N2S. The van der Waals surface area contributed by atoms with E-state index in [0.717, 1.165) is 16.5 Å². The Morgan fingerprint density at radius 1 is 1.32 bits per heavy atom. The molecule has 0 aliphatic heterocycles. The summed E-state index contributed by atoms with van der Waals surface area (Å²) in [5, 5.41) is 4.82. The van der Waals surface area contributed by atoms with E-state index in [1.165, 1.54) is 23.7 Å². The van der Waals surface area contributed by atoms with Crippen molar-refractivity contribution in [1.82, 2.24) is 10.3 Å². The van der Waals surface area contributed by atoms with Crippen molar-refractivity contribution in [2.75, 3.05) is 7.05 Å². The van der Waals surface area contributed by atoms with Crippen molar-refractivity contribution in [2.24, 2.45) is 0 Å². The average Bonchev–Trinajstić information content (AvgIpc) is 2.76. The van der Waals surface area contributed by atoms with Crippen LogP contribution in [-0.2, 0) is 6.18 Å². The minimum atomic E-state index is -4.38. The second-order valence-electron chi connectivity index (χ2n) is 4.15. The van der Waals surface area contributed by atoms with Crippen molar-refractivity contribution >= 4 is 11.3 Å². The molecule has 0 aliphatic carbocycles. The van der Waals surface area contributed by atoms with Crippen molar-refractivity contribution in [1.29, 1.82) is 0 Å². The first-order valence-corrected chi connectivity index (χ1v) is 6.55. The van der Waals surface area contributed by atoms with Crippen molar-refractivity contribution in [3.05, 3.63) is 51.5 Å². The molecule has 0 bridgehead atoms. The van der Waals surface area contributed by atoms with Crippen LogP contribution in [0.3, 0.4) is 0 Å². The molecule has 2 aromatic rings. The molecule has 6 heteroatoms. The number of halogens is 3. The molecule has 19 heavy (non-hydrogen) atoms. The van der Waals surface area contributed by atoms with Gasteiger partial charge in [-0.25, -0.2) is 0 Å². The summed E-state index contributed by atoms with van der Waals surface area (Å²) in [4.78, 5) is 4.71. The van der Waals surface area contributed by atoms with Crippen LogP contribution in [0, 0.1) is 6.92 Å². The highest BCUT2D eigenvalue weighted by Crippen LogP contribution is 2.37. The zero-order valence-corrected chi connectivity index (χ0v) is 11.3. The summed E-state index contributed by atoms with van der Waals surface area (Å²) in [7, 11) is 1.65. The molecule has 102 valence electrons. The molecular weight excluding hydrogens is 273 g/mol. The molecule has 0 amide bonds. The number of aromatic nitrogens is 1. The van der Waals surface area contributed by atoms with E-state index in [4.69, 9.17) is 0 Å². The van der Waals surface area contributed by atoms with Gasteiger partial charge < -0.3 is 5.32 Å². The molecule has 2 rings (SSSR count). The van der Waals surface area contributed by atoms with Gasteiger partial charge in [-0.3, -0.25) is 4.98 Å². The fourth-order valence-electron chi connectivity index (χ4n) is 2.00. The van der Waals surface area contributed by atoms with Gasteiger partial charge in [0, 0.05) is 22.8 Å². The second kappa shape index (κ2) is 5.30. The van der Waals surface area contributed by atoms with Crippen molar-refractivity contribution in [2.45, 2.75) is 19.1 Å². The van der Waals surface area contributed by atoms with E-state index in [1.54, 1.807) is 7.05 Å². The maximum atomic E-state index is 13.0. The van der Waals surface area contributed by atoms with Gasteiger partial charge in [0.15, 0.2) is 0 Å². The van der Waals surface area contributed by atoms with Crippen LogP contribution in [-0.4, -0.2) is 12.0 Å². The van der Waals surface area contributed by atoms with Gasteiger partial charge in [0.1, 0.15) is 0 Å². The number of hydrogen-bond donors (Lipinski definition) is 1. The highest BCUT2D eigenvalue weighted by Gasteiger charge is 2.35. The minimum Gasteiger partial charge on any atom is -0.309 e. The predicted octanol–water partition coefficient (Wildman–Crippen LogP) is 3.78. The number of hydrogen-bond acceptors (Lipinski definition) is 3. The van der Waals surface area contributed by atoms with Gasteiger partial charge in [0.25, 0.3) is 0 Å². The summed E-state index contributed by atoms with van der Waals surface area (Å²) in [6, 6.07) is 2.42. The number of nitrogens with zero attached hydrogens (tertiary/aromatic N) is 1. The van der Waals surface area contributed by atoms with Gasteiger partial charge in [-0.05, 0) is 37.0 Å². The lowest BCUT2D eigenvalue weighted by Gasteiger charge is -2.20. The first kappa shape index (κ1) is 14.0. The third-order valence-corrected chi connectivity index (χ3v) is 4.00. The second-order valence-corrected chi connectivity index (χ2v) is 5.10. The van der Waals surface area contributed by atoms with E-state index < -0.39 is 17.8 Å². The number of thiophene rings is 1. The van der Waals surface area contributed by atoms with Crippen LogP contribution in [0.15, 0.2) is 29.9 Å². The maximum absolute atomic E-state index is 13.0. The van der Waals surface area contributed by atoms with Gasteiger partial charge >= 0.3 is 6.18 Å². The fraction of sp³-hybridized carbons (Fsp3) is 0.308. The topological polar surface area (TPSA) is 24.9 Å². The van der Waals surface area contributed by atoms with Crippen LogP contribution < -0.4 is 5.32 Å². The van der Waals surface area contributed by atoms with E-state index in [0.29, 0.717) is 0 Å². The van der Waals surface area contributed by atoms with Gasteiger partial charge in [-0.1, -0.05) is 0 Å². The summed E-state index contributed by atoms with van der Waals surface area (Å²) in [5.74, 6) is 0. The van der Waals surface area contributed by atoms with Crippen LogP contribution in [0.2, 0.25) is 0 Å². The molecule has 1 N–H and O–H groups in total. The first-order chi connectivity index (χ1) is 8.95. The quantitative estimate of drug-likeness (QED) is 0.929. The number of nitrogens with one attached hydrogen (secondary N) is 1. The first-order valence-electron chi connectivity index (χ1n) is 5.67. The Kier molecular flexibility index (Phi) is 3.91. The molecule has 0 saturated heterocycles. The molecule has 1 atom stereocenters. The van der Waals surface area contributed by atoms with Crippen molar-refractivity contribution in [3.63, 3.8) is 0 Å². The predicted molar refractivity (Wildman–Crippen MR) is 69.2 cm³/mol. The monoisotopic (exact) mass is 286 g/mol. The van der Waals surface area contributed by atoms with Crippen molar-refractivity contribution in [3.8, 4) is 0 Å². The van der Waals surface area contributed by atoms with Crippen LogP contribution in [0.4, 0.5) is 13.2 Å². The van der Waals surface area contributed by atoms with Gasteiger partial charge in [-0.15, -0.1) is 11.3 Å². The molecule has 0 spiro atoms. The average molecular weight is 286 g/mol. The third-order valence-electron chi connectivity index (χ3n) is 2.92. The molecule has 0 aromatic carbocycles. The third kappa shape index (κ3) is 2.79. The highest BCUT2D eigenvalue weighted by molar-refractivity contribution is 7.10. The Bertz CT molecular complexity index is 563. The smallest absolute Gasteiger partial charge is 0.309 e. The highest BCUT2D eigenvalue weighted by atomic mass is 32.1. The Morgan fingerprint density at radius 3 is 2.58 bits per heavy atom. The van der Waals surface area contributed by atoms with Gasteiger partial charge in [0.2, 0.25) is 0 Å². The SMILES string of the molecule is CNC(c1cnccc1C(F)(F)F)c1sccc1C. The van der Waals surface area contributed by atoms with E-state index in [2.05, 4.69) is 10.3 Å². The molecule has 0 fully saturated rings. The summed E-state index contributed by atoms with van der Waals surface area (Å²) < 4.78 is 39.1. The Morgan fingerprint density at radius 2 is 2.05 bits per heavy atom. The molecule has 0 saturated carbocycles. The van der Waals surface area contributed by atoms with Crippen LogP contribution >= 0.6 is 11.3 Å². The van der Waals surface area contributed by atoms with E-state index in [-0.39, 0.29) is 5.56 Å². The standard InChI is InChI=1S/C13H13F3N2S/c1-8-4-6-19-12(8)11(17-2)9-7-18-5-3-10(9)13(14,15)16/h3-7,11,17H,1-2H3. The normalized spacial score (nSPS) is 13.5. The summed E-state index contributed by atoms with van der Waals surface area (Å²) >= 11 is 1.44. The Labute approximate surface area is 113 Å². The Hall–Kier alpha value is -1.40.